The fraction of sp³-hybridized carbons (Fsp3) is 0.619. The lowest BCUT2D eigenvalue weighted by Crippen LogP contribution is -2.32. The summed E-state index contributed by atoms with van der Waals surface area (Å²) in [6.45, 7) is 24.3. The molecule has 0 aliphatic carbocycles. The zero-order valence-corrected chi connectivity index (χ0v) is 16.1. The summed E-state index contributed by atoms with van der Waals surface area (Å²) in [6, 6.07) is 7.28. The number of anilines is 1. The molecule has 1 nitrogen and oxygen atoms in total. The fourth-order valence-corrected chi connectivity index (χ4v) is 2.19. The van der Waals surface area contributed by atoms with Crippen molar-refractivity contribution in [3.63, 3.8) is 0 Å². The van der Waals surface area contributed by atoms with Gasteiger partial charge in [-0.1, -0.05) is 67.5 Å². The summed E-state index contributed by atoms with van der Waals surface area (Å²) in [6.07, 6.45) is 2.03. The third kappa shape index (κ3) is 4.63. The van der Waals surface area contributed by atoms with Gasteiger partial charge in [0.2, 0.25) is 0 Å². The second-order valence-electron chi connectivity index (χ2n) is 9.19. The van der Waals surface area contributed by atoms with Gasteiger partial charge in [0.05, 0.1) is 0 Å². The maximum absolute atomic E-state index is 3.97. The molecule has 1 aromatic rings. The highest BCUT2D eigenvalue weighted by molar-refractivity contribution is 5.53. The van der Waals surface area contributed by atoms with Crippen LogP contribution in [0.2, 0.25) is 0 Å². The number of hydrogen-bond donors (Lipinski definition) is 1. The van der Waals surface area contributed by atoms with E-state index >= 15 is 0 Å². The summed E-state index contributed by atoms with van der Waals surface area (Å²) >= 11 is 0. The lowest BCUT2D eigenvalue weighted by Gasteiger charge is -2.32. The summed E-state index contributed by atoms with van der Waals surface area (Å²) in [7, 11) is 0. The van der Waals surface area contributed by atoms with Crippen molar-refractivity contribution in [3.05, 3.63) is 42.0 Å². The van der Waals surface area contributed by atoms with Crippen molar-refractivity contribution in [3.8, 4) is 0 Å². The Labute approximate surface area is 138 Å². The fourth-order valence-electron chi connectivity index (χ4n) is 2.19. The highest BCUT2D eigenvalue weighted by atomic mass is 14.9. The molecule has 0 unspecified atom stereocenters. The van der Waals surface area contributed by atoms with Crippen molar-refractivity contribution in [2.24, 2.45) is 5.41 Å². The van der Waals surface area contributed by atoms with Crippen LogP contribution in [0, 0.1) is 5.41 Å². The van der Waals surface area contributed by atoms with Crippen LogP contribution in [0.1, 0.15) is 73.4 Å². The van der Waals surface area contributed by atoms with Gasteiger partial charge in [-0.2, -0.15) is 0 Å². The molecule has 0 heterocycles. The molecule has 0 bridgehead atoms. The standard InChI is InChI=1S/C21H35N/c1-11-21(9,10)15(2)22-18-13-16(19(3,4)5)12-17(14-18)20(6,7)8/h11-15,22H,1H2,2-10H3/t15-/m0/s1. The molecule has 0 amide bonds. The lowest BCUT2D eigenvalue weighted by atomic mass is 9.80. The Morgan fingerprint density at radius 1 is 0.864 bits per heavy atom. The maximum atomic E-state index is 3.97. The van der Waals surface area contributed by atoms with E-state index in [-0.39, 0.29) is 16.2 Å². The molecule has 1 aromatic carbocycles. The van der Waals surface area contributed by atoms with Crippen molar-refractivity contribution in [1.29, 1.82) is 0 Å². The van der Waals surface area contributed by atoms with Gasteiger partial charge in [0.25, 0.3) is 0 Å². The molecule has 0 spiro atoms. The third-order valence-electron chi connectivity index (χ3n) is 4.69. The van der Waals surface area contributed by atoms with Crippen LogP contribution < -0.4 is 5.32 Å². The minimum absolute atomic E-state index is 0.0552. The van der Waals surface area contributed by atoms with E-state index in [4.69, 9.17) is 0 Å². The first-order valence-electron chi connectivity index (χ1n) is 8.33. The Kier molecular flexibility index (Phi) is 5.22. The van der Waals surface area contributed by atoms with Crippen molar-refractivity contribution in [2.45, 2.75) is 79.2 Å². The molecule has 0 saturated carbocycles. The van der Waals surface area contributed by atoms with E-state index in [1.165, 1.54) is 16.8 Å². The third-order valence-corrected chi connectivity index (χ3v) is 4.69. The monoisotopic (exact) mass is 301 g/mol. The molecule has 124 valence electrons. The van der Waals surface area contributed by atoms with Gasteiger partial charge < -0.3 is 5.32 Å². The molecule has 0 fully saturated rings. The first-order valence-corrected chi connectivity index (χ1v) is 8.33. The van der Waals surface area contributed by atoms with E-state index in [1.54, 1.807) is 0 Å². The molecule has 0 saturated heterocycles. The van der Waals surface area contributed by atoms with Crippen LogP contribution in [0.5, 0.6) is 0 Å². The van der Waals surface area contributed by atoms with Crippen LogP contribution in [0.3, 0.4) is 0 Å². The molecule has 1 rings (SSSR count). The highest BCUT2D eigenvalue weighted by Crippen LogP contribution is 2.33. The van der Waals surface area contributed by atoms with Gasteiger partial charge in [0, 0.05) is 17.1 Å². The molecular weight excluding hydrogens is 266 g/mol. The van der Waals surface area contributed by atoms with Gasteiger partial charge in [0.1, 0.15) is 0 Å². The van der Waals surface area contributed by atoms with Crippen molar-refractivity contribution >= 4 is 5.69 Å². The lowest BCUT2D eigenvalue weighted by molar-refractivity contribution is 0.417. The van der Waals surface area contributed by atoms with E-state index < -0.39 is 0 Å². The molecule has 0 aromatic heterocycles. The first kappa shape index (κ1) is 18.8. The van der Waals surface area contributed by atoms with E-state index in [9.17, 15) is 0 Å². The van der Waals surface area contributed by atoms with E-state index in [2.05, 4.69) is 92.4 Å². The molecular formula is C21H35N. The molecule has 1 N–H and O–H groups in total. The summed E-state index contributed by atoms with van der Waals surface area (Å²) < 4.78 is 0. The van der Waals surface area contributed by atoms with Gasteiger partial charge in [-0.25, -0.2) is 0 Å². The molecule has 22 heavy (non-hydrogen) atoms. The minimum Gasteiger partial charge on any atom is -0.382 e. The number of nitrogens with one attached hydrogen (secondary N) is 1. The molecule has 0 radical (unpaired) electrons. The summed E-state index contributed by atoms with van der Waals surface area (Å²) in [4.78, 5) is 0. The topological polar surface area (TPSA) is 12.0 Å². The van der Waals surface area contributed by atoms with Crippen LogP contribution >= 0.6 is 0 Å². The zero-order chi connectivity index (χ0) is 17.3. The van der Waals surface area contributed by atoms with Crippen molar-refractivity contribution in [2.75, 3.05) is 5.32 Å². The Balaban J connectivity index is 3.28. The van der Waals surface area contributed by atoms with Crippen LogP contribution in [-0.4, -0.2) is 6.04 Å². The summed E-state index contributed by atoms with van der Waals surface area (Å²) in [5.74, 6) is 0. The van der Waals surface area contributed by atoms with E-state index in [0.29, 0.717) is 6.04 Å². The number of rotatable bonds is 4. The maximum Gasteiger partial charge on any atom is 0.0348 e. The second kappa shape index (κ2) is 6.10. The van der Waals surface area contributed by atoms with Gasteiger partial charge >= 0.3 is 0 Å². The smallest absolute Gasteiger partial charge is 0.0348 e. The average molecular weight is 302 g/mol. The molecule has 0 aliphatic heterocycles. The average Bonchev–Trinajstić information content (AvgIpc) is 2.36. The number of benzene rings is 1. The van der Waals surface area contributed by atoms with Crippen LogP contribution in [0.4, 0.5) is 5.69 Å². The van der Waals surface area contributed by atoms with Crippen LogP contribution in [0.15, 0.2) is 30.9 Å². The first-order chi connectivity index (χ1) is 9.77. The molecule has 0 aliphatic rings. The Bertz CT molecular complexity index is 492. The molecule has 1 atom stereocenters. The van der Waals surface area contributed by atoms with Gasteiger partial charge in [-0.3, -0.25) is 0 Å². The van der Waals surface area contributed by atoms with Crippen molar-refractivity contribution in [1.82, 2.24) is 0 Å². The summed E-state index contributed by atoms with van der Waals surface area (Å²) in [5.41, 5.74) is 4.32. The Morgan fingerprint density at radius 3 is 1.59 bits per heavy atom. The largest absolute Gasteiger partial charge is 0.382 e. The predicted octanol–water partition coefficient (Wildman–Crippen LogP) is 6.29. The van der Waals surface area contributed by atoms with E-state index in [1.807, 2.05) is 6.08 Å². The Hall–Kier alpha value is -1.24. The minimum atomic E-state index is 0.0552. The van der Waals surface area contributed by atoms with Gasteiger partial charge in [-0.15, -0.1) is 6.58 Å². The van der Waals surface area contributed by atoms with Crippen LogP contribution in [0.25, 0.3) is 0 Å². The summed E-state index contributed by atoms with van der Waals surface area (Å²) in [5, 5.41) is 3.69. The molecule has 1 heteroatoms. The Morgan fingerprint density at radius 2 is 1.27 bits per heavy atom. The van der Waals surface area contributed by atoms with Crippen LogP contribution in [-0.2, 0) is 10.8 Å². The SMILES string of the molecule is C=CC(C)(C)[C@H](C)Nc1cc(C(C)(C)C)cc(C(C)(C)C)c1. The zero-order valence-electron chi connectivity index (χ0n) is 16.1. The predicted molar refractivity (Wildman–Crippen MR) is 101 cm³/mol. The second-order valence-corrected chi connectivity index (χ2v) is 9.19. The highest BCUT2D eigenvalue weighted by Gasteiger charge is 2.24. The quantitative estimate of drug-likeness (QED) is 0.644. The van der Waals surface area contributed by atoms with E-state index in [0.717, 1.165) is 0 Å². The normalized spacial score (nSPS) is 14.6. The van der Waals surface area contributed by atoms with Gasteiger partial charge in [0.15, 0.2) is 0 Å². The van der Waals surface area contributed by atoms with Crippen molar-refractivity contribution < 1.29 is 0 Å². The number of hydrogen-bond acceptors (Lipinski definition) is 1. The van der Waals surface area contributed by atoms with Gasteiger partial charge in [-0.05, 0) is 41.0 Å².